The van der Waals surface area contributed by atoms with Crippen LogP contribution in [0.2, 0.25) is 0 Å². The van der Waals surface area contributed by atoms with Gasteiger partial charge < -0.3 is 14.0 Å². The van der Waals surface area contributed by atoms with Crippen molar-refractivity contribution in [1.29, 1.82) is 0 Å². The number of rotatable bonds is 8. The normalized spacial score (nSPS) is 10.9. The van der Waals surface area contributed by atoms with Crippen LogP contribution >= 0.6 is 11.3 Å². The van der Waals surface area contributed by atoms with E-state index in [-0.39, 0.29) is 18.1 Å². The number of thiazole rings is 1. The molecule has 29 heavy (non-hydrogen) atoms. The Hall–Kier alpha value is -2.77. The minimum atomic E-state index is -0.596. The fraction of sp³-hybridized carbons (Fsp3) is 0.318. The summed E-state index contributed by atoms with van der Waals surface area (Å²) in [4.78, 5) is 29.2. The third-order valence-corrected chi connectivity index (χ3v) is 5.63. The van der Waals surface area contributed by atoms with E-state index in [0.717, 1.165) is 27.5 Å². The van der Waals surface area contributed by atoms with E-state index in [9.17, 15) is 9.59 Å². The van der Waals surface area contributed by atoms with E-state index in [1.807, 2.05) is 55.7 Å². The molecule has 0 aliphatic rings. The maximum atomic E-state index is 12.6. The second kappa shape index (κ2) is 9.15. The third-order valence-electron chi connectivity index (χ3n) is 4.74. The quantitative estimate of drug-likeness (QED) is 0.409. The molecule has 1 aromatic carbocycles. The lowest BCUT2D eigenvalue weighted by atomic mass is 10.1. The molecule has 0 saturated carbocycles. The highest BCUT2D eigenvalue weighted by molar-refractivity contribution is 7.13. The predicted octanol–water partition coefficient (Wildman–Crippen LogP) is 4.22. The largest absolute Gasteiger partial charge is 0.453 e. The van der Waals surface area contributed by atoms with E-state index < -0.39 is 5.97 Å². The Balaban J connectivity index is 1.64. The van der Waals surface area contributed by atoms with Crippen molar-refractivity contribution < 1.29 is 19.1 Å². The maximum Gasteiger partial charge on any atom is 0.358 e. The zero-order valence-electron chi connectivity index (χ0n) is 17.0. The number of carbonyl (C=O) groups is 2. The van der Waals surface area contributed by atoms with Gasteiger partial charge in [0.15, 0.2) is 12.3 Å². The van der Waals surface area contributed by atoms with E-state index in [0.29, 0.717) is 18.7 Å². The zero-order valence-corrected chi connectivity index (χ0v) is 17.8. The number of Topliss-reactive ketones (excluding diaryl/α,β-unsaturated/α-hetero) is 1. The van der Waals surface area contributed by atoms with Gasteiger partial charge in [-0.3, -0.25) is 4.79 Å². The highest BCUT2D eigenvalue weighted by Crippen LogP contribution is 2.24. The number of ketones is 1. The number of esters is 1. The number of aromatic nitrogens is 2. The number of methoxy groups -OCH3 is 1. The topological polar surface area (TPSA) is 70.4 Å². The van der Waals surface area contributed by atoms with Crippen molar-refractivity contribution in [1.82, 2.24) is 9.55 Å². The van der Waals surface area contributed by atoms with Gasteiger partial charge in [0.1, 0.15) is 5.01 Å². The highest BCUT2D eigenvalue weighted by atomic mass is 32.1. The Labute approximate surface area is 174 Å². The van der Waals surface area contributed by atoms with Crippen LogP contribution in [0.15, 0.2) is 35.7 Å². The number of nitrogens with zero attached hydrogens (tertiary/aromatic N) is 2. The molecule has 7 heteroatoms. The lowest BCUT2D eigenvalue weighted by Crippen LogP contribution is -2.15. The first-order valence-electron chi connectivity index (χ1n) is 9.29. The number of carbonyl (C=O) groups excluding carboxylic acids is 2. The lowest BCUT2D eigenvalue weighted by molar-refractivity contribution is 0.0469. The van der Waals surface area contributed by atoms with E-state index in [1.165, 1.54) is 11.3 Å². The molecule has 6 nitrogen and oxygen atoms in total. The molecule has 0 spiro atoms. The van der Waals surface area contributed by atoms with Gasteiger partial charge in [0.25, 0.3) is 0 Å². The number of ether oxygens (including phenoxy) is 2. The molecule has 3 aromatic rings. The van der Waals surface area contributed by atoms with Crippen LogP contribution in [-0.2, 0) is 16.0 Å². The van der Waals surface area contributed by atoms with E-state index in [4.69, 9.17) is 9.47 Å². The molecule has 152 valence electrons. The summed E-state index contributed by atoms with van der Waals surface area (Å²) in [6.07, 6.45) is 0. The van der Waals surface area contributed by atoms with Crippen molar-refractivity contribution in [2.75, 3.05) is 20.3 Å². The molecule has 0 aliphatic heterocycles. The zero-order chi connectivity index (χ0) is 21.0. The Morgan fingerprint density at radius 1 is 1.14 bits per heavy atom. The van der Waals surface area contributed by atoms with Gasteiger partial charge in [0, 0.05) is 41.5 Å². The molecule has 2 aromatic heterocycles. The van der Waals surface area contributed by atoms with Gasteiger partial charge in [-0.05, 0) is 26.8 Å². The first kappa shape index (κ1) is 21.0. The minimum absolute atomic E-state index is 0.212. The minimum Gasteiger partial charge on any atom is -0.453 e. The molecule has 0 amide bonds. The molecule has 0 unspecified atom stereocenters. The van der Waals surface area contributed by atoms with E-state index >= 15 is 0 Å². The number of aryl methyl sites for hydroxylation is 2. The molecule has 0 N–H and O–H groups in total. The fourth-order valence-corrected chi connectivity index (χ4v) is 3.88. The van der Waals surface area contributed by atoms with Gasteiger partial charge in [-0.15, -0.1) is 11.3 Å². The molecule has 0 radical (unpaired) electrons. The van der Waals surface area contributed by atoms with Crippen LogP contribution < -0.4 is 0 Å². The summed E-state index contributed by atoms with van der Waals surface area (Å²) < 4.78 is 12.4. The molecule has 0 fully saturated rings. The summed E-state index contributed by atoms with van der Waals surface area (Å²) in [6.45, 7) is 6.75. The van der Waals surface area contributed by atoms with Crippen LogP contribution in [-0.4, -0.2) is 41.6 Å². The van der Waals surface area contributed by atoms with Crippen molar-refractivity contribution >= 4 is 23.1 Å². The van der Waals surface area contributed by atoms with Crippen molar-refractivity contribution in [2.45, 2.75) is 27.3 Å². The number of benzene rings is 1. The first-order valence-corrected chi connectivity index (χ1v) is 10.2. The molecule has 0 saturated heterocycles. The third kappa shape index (κ3) is 4.81. The van der Waals surface area contributed by atoms with Crippen LogP contribution in [0.3, 0.4) is 0 Å². The van der Waals surface area contributed by atoms with Crippen LogP contribution in [0.25, 0.3) is 10.6 Å². The monoisotopic (exact) mass is 412 g/mol. The second-order valence-corrected chi connectivity index (χ2v) is 7.69. The van der Waals surface area contributed by atoms with Gasteiger partial charge in [-0.2, -0.15) is 0 Å². The summed E-state index contributed by atoms with van der Waals surface area (Å²) in [5.41, 5.74) is 4.69. The van der Waals surface area contributed by atoms with E-state index in [2.05, 4.69) is 4.98 Å². The van der Waals surface area contributed by atoms with Crippen molar-refractivity contribution in [3.63, 3.8) is 0 Å². The summed E-state index contributed by atoms with van der Waals surface area (Å²) in [5, 5.41) is 2.39. The standard InChI is InChI=1S/C22H24N2O4S/c1-14-5-7-17(8-6-14)21-23-19(13-29-21)22(26)28-12-20(25)18-11-15(2)24(16(18)3)9-10-27-4/h5-8,11,13H,9-10,12H2,1-4H3. The van der Waals surface area contributed by atoms with Crippen molar-refractivity contribution in [3.8, 4) is 10.6 Å². The molecular formula is C22H24N2O4S. The van der Waals surface area contributed by atoms with Crippen molar-refractivity contribution in [3.05, 3.63) is 63.9 Å². The van der Waals surface area contributed by atoms with Gasteiger partial charge >= 0.3 is 5.97 Å². The fourth-order valence-electron chi connectivity index (χ4n) is 3.09. The van der Waals surface area contributed by atoms with Crippen LogP contribution in [0.4, 0.5) is 0 Å². The molecule has 0 aliphatic carbocycles. The number of hydrogen-bond donors (Lipinski definition) is 0. The van der Waals surface area contributed by atoms with Crippen molar-refractivity contribution in [2.24, 2.45) is 0 Å². The molecule has 0 bridgehead atoms. The Morgan fingerprint density at radius 2 is 1.86 bits per heavy atom. The second-order valence-electron chi connectivity index (χ2n) is 6.83. The SMILES string of the molecule is COCCn1c(C)cc(C(=O)COC(=O)c2csc(-c3ccc(C)cc3)n2)c1C. The highest BCUT2D eigenvalue weighted by Gasteiger charge is 2.19. The first-order chi connectivity index (χ1) is 13.9. The average molecular weight is 413 g/mol. The van der Waals surface area contributed by atoms with Crippen LogP contribution in [0.5, 0.6) is 0 Å². The van der Waals surface area contributed by atoms with Gasteiger partial charge in [0.2, 0.25) is 5.78 Å². The smallest absolute Gasteiger partial charge is 0.358 e. The Kier molecular flexibility index (Phi) is 6.61. The lowest BCUT2D eigenvalue weighted by Gasteiger charge is -2.08. The van der Waals surface area contributed by atoms with Gasteiger partial charge in [-0.25, -0.2) is 9.78 Å². The molecule has 2 heterocycles. The van der Waals surface area contributed by atoms with Gasteiger partial charge in [-0.1, -0.05) is 29.8 Å². The predicted molar refractivity (Wildman–Crippen MR) is 113 cm³/mol. The average Bonchev–Trinajstić information content (AvgIpc) is 3.30. The number of hydrogen-bond acceptors (Lipinski definition) is 6. The van der Waals surface area contributed by atoms with Crippen LogP contribution in [0.1, 0.15) is 37.8 Å². The molecular weight excluding hydrogens is 388 g/mol. The Morgan fingerprint density at radius 3 is 2.55 bits per heavy atom. The molecule has 0 atom stereocenters. The summed E-state index contributed by atoms with van der Waals surface area (Å²) in [7, 11) is 1.64. The summed E-state index contributed by atoms with van der Waals surface area (Å²) in [5.74, 6) is -0.828. The van der Waals surface area contributed by atoms with Gasteiger partial charge in [0.05, 0.1) is 6.61 Å². The summed E-state index contributed by atoms with van der Waals surface area (Å²) >= 11 is 1.37. The Bertz CT molecular complexity index is 1020. The maximum absolute atomic E-state index is 12.6. The summed E-state index contributed by atoms with van der Waals surface area (Å²) in [6, 6.07) is 9.74. The van der Waals surface area contributed by atoms with Crippen LogP contribution in [0, 0.1) is 20.8 Å². The van der Waals surface area contributed by atoms with E-state index in [1.54, 1.807) is 12.5 Å². The molecule has 3 rings (SSSR count).